The smallest absolute Gasteiger partial charge is 0.329 e. The molecule has 3 amide bonds. The summed E-state index contributed by atoms with van der Waals surface area (Å²) in [6.07, 6.45) is 1.38. The van der Waals surface area contributed by atoms with Crippen molar-refractivity contribution in [2.24, 2.45) is 10.8 Å². The molecular weight excluding hydrogens is 336 g/mol. The van der Waals surface area contributed by atoms with Crippen LogP contribution in [0.2, 0.25) is 0 Å². The zero-order valence-corrected chi connectivity index (χ0v) is 13.8. The van der Waals surface area contributed by atoms with Crippen molar-refractivity contribution >= 4 is 23.9 Å². The van der Waals surface area contributed by atoms with Crippen LogP contribution >= 0.6 is 0 Å². The third kappa shape index (κ3) is 6.44. The van der Waals surface area contributed by atoms with E-state index in [4.69, 9.17) is 10.5 Å². The van der Waals surface area contributed by atoms with Crippen LogP contribution in [0.4, 0.5) is 0 Å². The normalized spacial score (nSPS) is 10.3. The van der Waals surface area contributed by atoms with Crippen LogP contribution in [0.1, 0.15) is 11.1 Å². The van der Waals surface area contributed by atoms with E-state index >= 15 is 0 Å². The summed E-state index contributed by atoms with van der Waals surface area (Å²) in [5.74, 6) is -1.73. The summed E-state index contributed by atoms with van der Waals surface area (Å²) in [5.41, 5.74) is 8.69. The molecule has 2 rings (SSSR count). The number of carbonyl (C=O) groups excluding carboxylic acids is 3. The van der Waals surface area contributed by atoms with E-state index in [1.165, 1.54) is 6.21 Å². The lowest BCUT2D eigenvalue weighted by atomic mass is 10.2. The highest BCUT2D eigenvalue weighted by Crippen LogP contribution is 2.10. The Morgan fingerprint density at radius 1 is 1.00 bits per heavy atom. The lowest BCUT2D eigenvalue weighted by molar-refractivity contribution is -0.139. The van der Waals surface area contributed by atoms with Crippen molar-refractivity contribution in [3.05, 3.63) is 65.7 Å². The average Bonchev–Trinajstić information content (AvgIpc) is 2.66. The van der Waals surface area contributed by atoms with Gasteiger partial charge < -0.3 is 15.8 Å². The predicted molar refractivity (Wildman–Crippen MR) is 95.2 cm³/mol. The molecule has 0 aromatic heterocycles. The second-order valence-corrected chi connectivity index (χ2v) is 5.19. The monoisotopic (exact) mass is 354 g/mol. The number of carbonyl (C=O) groups is 3. The van der Waals surface area contributed by atoms with Crippen molar-refractivity contribution < 1.29 is 19.1 Å². The first-order valence-corrected chi connectivity index (χ1v) is 7.71. The molecule has 0 saturated heterocycles. The molecule has 0 bridgehead atoms. The van der Waals surface area contributed by atoms with Crippen LogP contribution in [-0.2, 0) is 20.9 Å². The minimum absolute atomic E-state index is 0.207. The first kappa shape index (κ1) is 18.7. The van der Waals surface area contributed by atoms with E-state index < -0.39 is 17.7 Å². The second kappa shape index (κ2) is 9.58. The van der Waals surface area contributed by atoms with Crippen molar-refractivity contribution in [1.29, 1.82) is 0 Å². The van der Waals surface area contributed by atoms with E-state index in [0.29, 0.717) is 11.3 Å². The number of rotatable bonds is 7. The molecule has 4 N–H and O–H groups in total. The van der Waals surface area contributed by atoms with Gasteiger partial charge in [0.05, 0.1) is 6.21 Å². The highest BCUT2D eigenvalue weighted by molar-refractivity contribution is 6.35. The molecule has 0 aliphatic heterocycles. The van der Waals surface area contributed by atoms with Gasteiger partial charge in [0.15, 0.2) is 6.61 Å². The molecule has 0 atom stereocenters. The summed E-state index contributed by atoms with van der Waals surface area (Å²) in [6, 6.07) is 15.8. The number of hydrogen-bond acceptors (Lipinski definition) is 5. The minimum Gasteiger partial charge on any atom is -0.484 e. The topological polar surface area (TPSA) is 123 Å². The fourth-order valence-electron chi connectivity index (χ4n) is 1.88. The van der Waals surface area contributed by atoms with Gasteiger partial charge in [-0.1, -0.05) is 30.3 Å². The molecule has 2 aromatic rings. The molecule has 8 nitrogen and oxygen atoms in total. The van der Waals surface area contributed by atoms with Gasteiger partial charge in [-0.3, -0.25) is 14.4 Å². The van der Waals surface area contributed by atoms with E-state index in [2.05, 4.69) is 15.8 Å². The lowest BCUT2D eigenvalue weighted by Crippen LogP contribution is -2.37. The standard InChI is InChI=1S/C18H18N4O4/c19-16(23)12-26-15-8-6-14(7-9-15)11-21-22-18(25)17(24)20-10-13-4-2-1-3-5-13/h1-9,11H,10,12H2,(H2,19,23)(H,20,24)(H,22,25). The van der Waals surface area contributed by atoms with Gasteiger partial charge in [0, 0.05) is 6.54 Å². The second-order valence-electron chi connectivity index (χ2n) is 5.19. The number of hydrazone groups is 1. The summed E-state index contributed by atoms with van der Waals surface area (Å²) in [6.45, 7) is 0.0468. The van der Waals surface area contributed by atoms with Crippen molar-refractivity contribution in [3.8, 4) is 5.75 Å². The highest BCUT2D eigenvalue weighted by Gasteiger charge is 2.11. The van der Waals surface area contributed by atoms with Crippen LogP contribution in [0.5, 0.6) is 5.75 Å². The number of benzene rings is 2. The third-order valence-corrected chi connectivity index (χ3v) is 3.14. The summed E-state index contributed by atoms with van der Waals surface area (Å²) < 4.78 is 5.12. The van der Waals surface area contributed by atoms with E-state index in [9.17, 15) is 14.4 Å². The Kier molecular flexibility index (Phi) is 6.87. The van der Waals surface area contributed by atoms with E-state index in [-0.39, 0.29) is 13.2 Å². The quantitative estimate of drug-likeness (QED) is 0.376. The number of ether oxygens (including phenoxy) is 1. The maximum absolute atomic E-state index is 11.7. The van der Waals surface area contributed by atoms with Crippen LogP contribution in [-0.4, -0.2) is 30.5 Å². The SMILES string of the molecule is NC(=O)COc1ccc(C=NNC(=O)C(=O)NCc2ccccc2)cc1. The number of nitrogens with two attached hydrogens (primary N) is 1. The summed E-state index contributed by atoms with van der Waals surface area (Å²) in [7, 11) is 0. The fourth-order valence-corrected chi connectivity index (χ4v) is 1.88. The Morgan fingerprint density at radius 2 is 1.69 bits per heavy atom. The fraction of sp³-hybridized carbons (Fsp3) is 0.111. The van der Waals surface area contributed by atoms with Gasteiger partial charge in [0.25, 0.3) is 5.91 Å². The summed E-state index contributed by atoms with van der Waals surface area (Å²) in [4.78, 5) is 34.0. The number of hydrogen-bond donors (Lipinski definition) is 3. The Hall–Kier alpha value is -3.68. The van der Waals surface area contributed by atoms with E-state index in [1.807, 2.05) is 30.3 Å². The van der Waals surface area contributed by atoms with Gasteiger partial charge in [0.1, 0.15) is 5.75 Å². The molecule has 134 valence electrons. The molecule has 0 heterocycles. The Bertz CT molecular complexity index is 789. The Labute approximate surface area is 150 Å². The van der Waals surface area contributed by atoms with Crippen LogP contribution in [0.25, 0.3) is 0 Å². The first-order valence-electron chi connectivity index (χ1n) is 7.71. The average molecular weight is 354 g/mol. The summed E-state index contributed by atoms with van der Waals surface area (Å²) in [5, 5.41) is 6.22. The number of nitrogens with zero attached hydrogens (tertiary/aromatic N) is 1. The Balaban J connectivity index is 1.77. The molecular formula is C18H18N4O4. The van der Waals surface area contributed by atoms with E-state index in [1.54, 1.807) is 24.3 Å². The van der Waals surface area contributed by atoms with Crippen molar-refractivity contribution in [1.82, 2.24) is 10.7 Å². The molecule has 0 aliphatic carbocycles. The van der Waals surface area contributed by atoms with Gasteiger partial charge in [-0.25, -0.2) is 5.43 Å². The molecule has 0 spiro atoms. The summed E-state index contributed by atoms with van der Waals surface area (Å²) >= 11 is 0. The van der Waals surface area contributed by atoms with Crippen molar-refractivity contribution in [2.75, 3.05) is 6.61 Å². The number of amides is 3. The third-order valence-electron chi connectivity index (χ3n) is 3.14. The van der Waals surface area contributed by atoms with Crippen molar-refractivity contribution in [2.45, 2.75) is 6.54 Å². The number of primary amides is 1. The van der Waals surface area contributed by atoms with Gasteiger partial charge in [0.2, 0.25) is 0 Å². The molecule has 0 radical (unpaired) electrons. The van der Waals surface area contributed by atoms with Crippen molar-refractivity contribution in [3.63, 3.8) is 0 Å². The zero-order chi connectivity index (χ0) is 18.8. The molecule has 0 aliphatic rings. The van der Waals surface area contributed by atoms with Gasteiger partial charge in [-0.2, -0.15) is 5.10 Å². The van der Waals surface area contributed by atoms with Crippen LogP contribution in [0, 0.1) is 0 Å². The van der Waals surface area contributed by atoms with E-state index in [0.717, 1.165) is 5.56 Å². The maximum Gasteiger partial charge on any atom is 0.329 e. The van der Waals surface area contributed by atoms with Crippen LogP contribution in [0.15, 0.2) is 59.7 Å². The molecule has 0 saturated carbocycles. The molecule has 26 heavy (non-hydrogen) atoms. The van der Waals surface area contributed by atoms with Gasteiger partial charge in [-0.05, 0) is 35.4 Å². The largest absolute Gasteiger partial charge is 0.484 e. The predicted octanol–water partition coefficient (Wildman–Crippen LogP) is 0.317. The molecule has 8 heteroatoms. The first-order chi connectivity index (χ1) is 12.5. The molecule has 2 aromatic carbocycles. The highest BCUT2D eigenvalue weighted by atomic mass is 16.5. The lowest BCUT2D eigenvalue weighted by Gasteiger charge is -2.04. The molecule has 0 unspecified atom stereocenters. The van der Waals surface area contributed by atoms with Crippen LogP contribution in [0.3, 0.4) is 0 Å². The number of nitrogens with one attached hydrogen (secondary N) is 2. The van der Waals surface area contributed by atoms with Gasteiger partial charge >= 0.3 is 11.8 Å². The van der Waals surface area contributed by atoms with Crippen LogP contribution < -0.4 is 21.2 Å². The maximum atomic E-state index is 11.7. The van der Waals surface area contributed by atoms with Gasteiger partial charge in [-0.15, -0.1) is 0 Å². The molecule has 0 fully saturated rings. The minimum atomic E-state index is -0.862. The Morgan fingerprint density at radius 3 is 2.35 bits per heavy atom. The zero-order valence-electron chi connectivity index (χ0n) is 13.8.